The second-order valence-electron chi connectivity index (χ2n) is 4.35. The molecule has 0 atom stereocenters. The van der Waals surface area contributed by atoms with Crippen LogP contribution < -0.4 is 0 Å². The molecule has 1 heterocycles. The minimum Gasteiger partial charge on any atom is -0.465 e. The number of rotatable bonds is 2. The van der Waals surface area contributed by atoms with Gasteiger partial charge in [0.1, 0.15) is 0 Å². The maximum atomic E-state index is 11.7. The molecular formula is C16H13NO2. The third-order valence-corrected chi connectivity index (χ3v) is 3.29. The van der Waals surface area contributed by atoms with Gasteiger partial charge in [0.05, 0.1) is 18.2 Å². The fourth-order valence-corrected chi connectivity index (χ4v) is 2.37. The van der Waals surface area contributed by atoms with Gasteiger partial charge >= 0.3 is 5.97 Å². The first-order chi connectivity index (χ1) is 9.24. The number of aromatic amines is 1. The third-order valence-electron chi connectivity index (χ3n) is 3.29. The molecule has 19 heavy (non-hydrogen) atoms. The number of carbonyl (C=O) groups excluding carboxylic acids is 1. The fraction of sp³-hybridized carbons (Fsp3) is 0.0625. The van der Waals surface area contributed by atoms with Crippen molar-refractivity contribution < 1.29 is 9.53 Å². The van der Waals surface area contributed by atoms with Crippen LogP contribution in [0.1, 0.15) is 15.9 Å². The number of carbonyl (C=O) groups is 1. The summed E-state index contributed by atoms with van der Waals surface area (Å²) in [6.45, 7) is 3.81. The molecule has 0 amide bonds. The van der Waals surface area contributed by atoms with Crippen molar-refractivity contribution in [2.24, 2.45) is 0 Å². The van der Waals surface area contributed by atoms with Gasteiger partial charge in [-0.2, -0.15) is 0 Å². The molecule has 0 radical (unpaired) electrons. The van der Waals surface area contributed by atoms with Crippen molar-refractivity contribution in [3.05, 3.63) is 54.1 Å². The van der Waals surface area contributed by atoms with Gasteiger partial charge in [-0.15, -0.1) is 0 Å². The van der Waals surface area contributed by atoms with Crippen molar-refractivity contribution in [2.45, 2.75) is 0 Å². The quantitative estimate of drug-likeness (QED) is 0.705. The van der Waals surface area contributed by atoms with Gasteiger partial charge < -0.3 is 9.72 Å². The Bertz CT molecular complexity index is 799. The van der Waals surface area contributed by atoms with Gasteiger partial charge in [0, 0.05) is 16.3 Å². The van der Waals surface area contributed by atoms with E-state index in [1.54, 1.807) is 12.1 Å². The number of methoxy groups -OCH3 is 1. The average Bonchev–Trinajstić information content (AvgIpc) is 2.84. The van der Waals surface area contributed by atoms with Gasteiger partial charge in [0.2, 0.25) is 0 Å². The fourth-order valence-electron chi connectivity index (χ4n) is 2.37. The van der Waals surface area contributed by atoms with Gasteiger partial charge in [-0.1, -0.05) is 30.9 Å². The zero-order chi connectivity index (χ0) is 13.4. The summed E-state index contributed by atoms with van der Waals surface area (Å²) in [6.07, 6.45) is 1.74. The summed E-state index contributed by atoms with van der Waals surface area (Å²) in [5, 5.41) is 2.10. The number of nitrogens with one attached hydrogen (secondary N) is 1. The predicted octanol–water partition coefficient (Wildman–Crippen LogP) is 3.75. The first kappa shape index (κ1) is 11.5. The third kappa shape index (κ3) is 1.71. The van der Waals surface area contributed by atoms with E-state index in [4.69, 9.17) is 4.74 Å². The number of benzene rings is 2. The van der Waals surface area contributed by atoms with Crippen LogP contribution in [0.15, 0.2) is 43.0 Å². The molecule has 3 heteroatoms. The zero-order valence-corrected chi connectivity index (χ0v) is 10.6. The van der Waals surface area contributed by atoms with E-state index < -0.39 is 0 Å². The maximum Gasteiger partial charge on any atom is 0.337 e. The van der Waals surface area contributed by atoms with Gasteiger partial charge in [-0.3, -0.25) is 0 Å². The van der Waals surface area contributed by atoms with Crippen LogP contribution in [0.4, 0.5) is 0 Å². The van der Waals surface area contributed by atoms with E-state index >= 15 is 0 Å². The van der Waals surface area contributed by atoms with Crippen LogP contribution in [-0.2, 0) is 4.74 Å². The maximum absolute atomic E-state index is 11.7. The topological polar surface area (TPSA) is 42.1 Å². The van der Waals surface area contributed by atoms with E-state index in [2.05, 4.69) is 11.6 Å². The van der Waals surface area contributed by atoms with Crippen molar-refractivity contribution in [1.82, 2.24) is 4.98 Å². The number of fused-ring (bicyclic) bond motifs is 3. The van der Waals surface area contributed by atoms with Crippen molar-refractivity contribution in [3.8, 4) is 0 Å². The van der Waals surface area contributed by atoms with Crippen LogP contribution in [0.2, 0.25) is 0 Å². The molecule has 0 unspecified atom stereocenters. The highest BCUT2D eigenvalue weighted by Gasteiger charge is 2.12. The van der Waals surface area contributed by atoms with Crippen LogP contribution in [0.5, 0.6) is 0 Å². The number of hydrogen-bond acceptors (Lipinski definition) is 2. The highest BCUT2D eigenvalue weighted by Crippen LogP contribution is 2.29. The zero-order valence-electron chi connectivity index (χ0n) is 10.6. The summed E-state index contributed by atoms with van der Waals surface area (Å²) in [4.78, 5) is 15.1. The number of H-pyrrole nitrogens is 1. The number of aromatic nitrogens is 1. The molecular weight excluding hydrogens is 238 g/mol. The molecule has 0 saturated carbocycles. The van der Waals surface area contributed by atoms with Crippen LogP contribution in [-0.4, -0.2) is 18.1 Å². The number of para-hydroxylation sites is 1. The highest BCUT2D eigenvalue weighted by atomic mass is 16.5. The lowest BCUT2D eigenvalue weighted by molar-refractivity contribution is 0.0601. The van der Waals surface area contributed by atoms with E-state index in [0.29, 0.717) is 5.56 Å². The molecule has 0 fully saturated rings. The van der Waals surface area contributed by atoms with E-state index in [1.807, 2.05) is 30.3 Å². The second-order valence-corrected chi connectivity index (χ2v) is 4.35. The molecule has 0 spiro atoms. The van der Waals surface area contributed by atoms with Gasteiger partial charge in [-0.05, 0) is 23.8 Å². The molecule has 2 aromatic carbocycles. The molecule has 0 aliphatic rings. The van der Waals surface area contributed by atoms with E-state index in [-0.39, 0.29) is 5.97 Å². The van der Waals surface area contributed by atoms with Crippen molar-refractivity contribution in [3.63, 3.8) is 0 Å². The van der Waals surface area contributed by atoms with Crippen LogP contribution >= 0.6 is 0 Å². The molecule has 0 aliphatic carbocycles. The SMILES string of the molecule is C=Cc1cc(C(=O)OC)cc2c1[nH]c1ccccc12. The highest BCUT2D eigenvalue weighted by molar-refractivity contribution is 6.11. The Kier molecular flexibility index (Phi) is 2.60. The van der Waals surface area contributed by atoms with Crippen molar-refractivity contribution >= 4 is 33.9 Å². The summed E-state index contributed by atoms with van der Waals surface area (Å²) >= 11 is 0. The molecule has 3 nitrogen and oxygen atoms in total. The Labute approximate surface area is 110 Å². The number of esters is 1. The van der Waals surface area contributed by atoms with Gasteiger partial charge in [0.25, 0.3) is 0 Å². The Balaban J connectivity index is 2.43. The summed E-state index contributed by atoms with van der Waals surface area (Å²) in [5.41, 5.74) is 3.47. The first-order valence-corrected chi connectivity index (χ1v) is 6.00. The number of hydrogen-bond donors (Lipinski definition) is 1. The van der Waals surface area contributed by atoms with E-state index in [9.17, 15) is 4.79 Å². The Morgan fingerprint density at radius 3 is 2.79 bits per heavy atom. The minimum atomic E-state index is -0.338. The normalized spacial score (nSPS) is 10.8. The predicted molar refractivity (Wildman–Crippen MR) is 77.2 cm³/mol. The number of ether oxygens (including phenoxy) is 1. The largest absolute Gasteiger partial charge is 0.465 e. The summed E-state index contributed by atoms with van der Waals surface area (Å²) in [5.74, 6) is -0.338. The van der Waals surface area contributed by atoms with Crippen LogP contribution in [0, 0.1) is 0 Å². The Hall–Kier alpha value is -2.55. The molecule has 1 N–H and O–H groups in total. The van der Waals surface area contributed by atoms with E-state index in [0.717, 1.165) is 27.4 Å². The van der Waals surface area contributed by atoms with Gasteiger partial charge in [-0.25, -0.2) is 4.79 Å². The molecule has 0 aliphatic heterocycles. The first-order valence-electron chi connectivity index (χ1n) is 6.00. The molecule has 3 rings (SSSR count). The monoisotopic (exact) mass is 251 g/mol. The lowest BCUT2D eigenvalue weighted by atomic mass is 10.0. The minimum absolute atomic E-state index is 0.338. The van der Waals surface area contributed by atoms with Gasteiger partial charge in [0.15, 0.2) is 0 Å². The summed E-state index contributed by atoms with van der Waals surface area (Å²) in [7, 11) is 1.38. The molecule has 3 aromatic rings. The van der Waals surface area contributed by atoms with Crippen molar-refractivity contribution in [2.75, 3.05) is 7.11 Å². The van der Waals surface area contributed by atoms with E-state index in [1.165, 1.54) is 7.11 Å². The van der Waals surface area contributed by atoms with Crippen LogP contribution in [0.25, 0.3) is 27.9 Å². The smallest absolute Gasteiger partial charge is 0.337 e. The van der Waals surface area contributed by atoms with Crippen LogP contribution in [0.3, 0.4) is 0 Å². The lowest BCUT2D eigenvalue weighted by Crippen LogP contribution is -2.01. The lowest BCUT2D eigenvalue weighted by Gasteiger charge is -2.03. The summed E-state index contributed by atoms with van der Waals surface area (Å²) in [6, 6.07) is 11.6. The molecule has 94 valence electrons. The van der Waals surface area contributed by atoms with Crippen molar-refractivity contribution in [1.29, 1.82) is 0 Å². The Morgan fingerprint density at radius 2 is 2.05 bits per heavy atom. The molecule has 0 saturated heterocycles. The Morgan fingerprint density at radius 1 is 1.26 bits per heavy atom. The molecule has 0 bridgehead atoms. The standard InChI is InChI=1S/C16H13NO2/c1-3-10-8-11(16(18)19-2)9-13-12-6-4-5-7-14(12)17-15(10)13/h3-9,17H,1H2,2H3. The molecule has 1 aromatic heterocycles. The average molecular weight is 251 g/mol. The summed E-state index contributed by atoms with van der Waals surface area (Å²) < 4.78 is 4.79. The second kappa shape index (κ2) is 4.28.